The van der Waals surface area contributed by atoms with E-state index in [0.717, 1.165) is 12.0 Å². The van der Waals surface area contributed by atoms with Crippen LogP contribution in [0.2, 0.25) is 0 Å². The Morgan fingerprint density at radius 3 is 2.92 bits per heavy atom. The molecule has 1 aliphatic carbocycles. The maximum Gasteiger partial charge on any atom is 0.0277 e. The van der Waals surface area contributed by atoms with E-state index < -0.39 is 0 Å². The molecule has 0 N–H and O–H groups in total. The Morgan fingerprint density at radius 2 is 2.31 bits per heavy atom. The molecule has 1 aromatic rings. The van der Waals surface area contributed by atoms with Gasteiger partial charge in [0.25, 0.3) is 0 Å². The van der Waals surface area contributed by atoms with Gasteiger partial charge < -0.3 is 0 Å². The number of terminal acetylenes is 1. The van der Waals surface area contributed by atoms with Crippen LogP contribution in [0.25, 0.3) is 0 Å². The highest BCUT2D eigenvalue weighted by Crippen LogP contribution is 2.44. The van der Waals surface area contributed by atoms with Crippen molar-refractivity contribution in [2.75, 3.05) is 0 Å². The second kappa shape index (κ2) is 2.64. The molecule has 66 valence electrons. The lowest BCUT2D eigenvalue weighted by molar-refractivity contribution is 0.394. The van der Waals surface area contributed by atoms with Gasteiger partial charge in [0.15, 0.2) is 0 Å². The first-order chi connectivity index (χ1) is 6.21. The van der Waals surface area contributed by atoms with Gasteiger partial charge in [0, 0.05) is 5.56 Å². The zero-order chi connectivity index (χ0) is 9.47. The molecule has 0 aliphatic heterocycles. The quantitative estimate of drug-likeness (QED) is 0.568. The third-order valence-corrected chi connectivity index (χ3v) is 3.33. The molecule has 1 aliphatic rings. The van der Waals surface area contributed by atoms with Gasteiger partial charge >= 0.3 is 0 Å². The highest BCUT2D eigenvalue weighted by atomic mass is 14.4. The van der Waals surface area contributed by atoms with E-state index in [9.17, 15) is 0 Å². The average Bonchev–Trinajstić information content (AvgIpc) is 2.16. The molecule has 13 heavy (non-hydrogen) atoms. The van der Waals surface area contributed by atoms with Crippen molar-refractivity contribution in [2.45, 2.75) is 32.1 Å². The van der Waals surface area contributed by atoms with Crippen molar-refractivity contribution >= 4 is 0 Å². The SMILES string of the molecule is C#Cc1cccc2c1CC2(C)CC. The van der Waals surface area contributed by atoms with Crippen molar-refractivity contribution in [3.05, 3.63) is 34.9 Å². The topological polar surface area (TPSA) is 0 Å². The molecular weight excluding hydrogens is 156 g/mol. The Labute approximate surface area is 80.0 Å². The minimum Gasteiger partial charge on any atom is -0.115 e. The van der Waals surface area contributed by atoms with Gasteiger partial charge in [0.05, 0.1) is 0 Å². The number of rotatable bonds is 1. The van der Waals surface area contributed by atoms with Gasteiger partial charge in [-0.1, -0.05) is 31.9 Å². The summed E-state index contributed by atoms with van der Waals surface area (Å²) in [7, 11) is 0. The van der Waals surface area contributed by atoms with E-state index in [1.54, 1.807) is 0 Å². The van der Waals surface area contributed by atoms with Crippen LogP contribution >= 0.6 is 0 Å². The Hall–Kier alpha value is -1.22. The fourth-order valence-electron chi connectivity index (χ4n) is 2.17. The molecule has 0 aromatic heterocycles. The smallest absolute Gasteiger partial charge is 0.0277 e. The highest BCUT2D eigenvalue weighted by Gasteiger charge is 2.37. The number of benzene rings is 1. The van der Waals surface area contributed by atoms with Crippen molar-refractivity contribution < 1.29 is 0 Å². The number of fused-ring (bicyclic) bond motifs is 1. The second-order valence-electron chi connectivity index (χ2n) is 4.07. The van der Waals surface area contributed by atoms with Crippen LogP contribution in [-0.4, -0.2) is 0 Å². The first kappa shape index (κ1) is 8.38. The Morgan fingerprint density at radius 1 is 1.54 bits per heavy atom. The first-order valence-corrected chi connectivity index (χ1v) is 4.80. The van der Waals surface area contributed by atoms with Crippen LogP contribution in [0.4, 0.5) is 0 Å². The van der Waals surface area contributed by atoms with Crippen molar-refractivity contribution in [3.8, 4) is 12.3 Å². The lowest BCUT2D eigenvalue weighted by atomic mass is 9.62. The van der Waals surface area contributed by atoms with Crippen molar-refractivity contribution in [3.63, 3.8) is 0 Å². The van der Waals surface area contributed by atoms with Gasteiger partial charge in [-0.3, -0.25) is 0 Å². The maximum absolute atomic E-state index is 5.43. The number of hydrogen-bond donors (Lipinski definition) is 0. The van der Waals surface area contributed by atoms with Gasteiger partial charge in [0.1, 0.15) is 0 Å². The average molecular weight is 170 g/mol. The van der Waals surface area contributed by atoms with Gasteiger partial charge in [0.2, 0.25) is 0 Å². The van der Waals surface area contributed by atoms with E-state index >= 15 is 0 Å². The molecule has 0 saturated carbocycles. The molecule has 0 radical (unpaired) electrons. The fraction of sp³-hybridized carbons (Fsp3) is 0.385. The summed E-state index contributed by atoms with van der Waals surface area (Å²) < 4.78 is 0. The summed E-state index contributed by atoms with van der Waals surface area (Å²) in [5.41, 5.74) is 4.34. The normalized spacial score (nSPS) is 24.4. The molecule has 1 atom stereocenters. The van der Waals surface area contributed by atoms with Gasteiger partial charge in [-0.2, -0.15) is 0 Å². The third kappa shape index (κ3) is 1.00. The zero-order valence-corrected chi connectivity index (χ0v) is 8.22. The molecule has 0 amide bonds. The Balaban J connectivity index is 2.52. The van der Waals surface area contributed by atoms with Crippen LogP contribution < -0.4 is 0 Å². The van der Waals surface area contributed by atoms with Crippen LogP contribution in [0.1, 0.15) is 37.0 Å². The van der Waals surface area contributed by atoms with Gasteiger partial charge in [-0.05, 0) is 35.4 Å². The molecular formula is C13H14. The van der Waals surface area contributed by atoms with Crippen molar-refractivity contribution in [2.24, 2.45) is 0 Å². The molecule has 0 fully saturated rings. The zero-order valence-electron chi connectivity index (χ0n) is 8.22. The molecule has 0 nitrogen and oxygen atoms in total. The predicted molar refractivity (Wildman–Crippen MR) is 55.7 cm³/mol. The summed E-state index contributed by atoms with van der Waals surface area (Å²) >= 11 is 0. The Bertz CT molecular complexity index is 382. The van der Waals surface area contributed by atoms with E-state index in [1.807, 2.05) is 6.07 Å². The van der Waals surface area contributed by atoms with E-state index in [1.165, 1.54) is 17.5 Å². The molecule has 0 bridgehead atoms. The summed E-state index contributed by atoms with van der Waals surface area (Å²) in [4.78, 5) is 0. The lowest BCUT2D eigenvalue weighted by Gasteiger charge is -2.41. The third-order valence-electron chi connectivity index (χ3n) is 3.33. The van der Waals surface area contributed by atoms with E-state index in [2.05, 4.69) is 31.9 Å². The predicted octanol–water partition coefficient (Wildman–Crippen LogP) is 2.89. The number of hydrogen-bond acceptors (Lipinski definition) is 0. The maximum atomic E-state index is 5.43. The molecule has 1 aromatic carbocycles. The largest absolute Gasteiger partial charge is 0.115 e. The summed E-state index contributed by atoms with van der Waals surface area (Å²) in [6.07, 6.45) is 7.79. The van der Waals surface area contributed by atoms with Crippen LogP contribution in [0.15, 0.2) is 18.2 Å². The van der Waals surface area contributed by atoms with Crippen LogP contribution in [0, 0.1) is 12.3 Å². The second-order valence-corrected chi connectivity index (χ2v) is 4.07. The van der Waals surface area contributed by atoms with Gasteiger partial charge in [-0.15, -0.1) is 6.42 Å². The minimum atomic E-state index is 0.391. The van der Waals surface area contributed by atoms with E-state index in [4.69, 9.17) is 6.42 Å². The summed E-state index contributed by atoms with van der Waals surface area (Å²) in [6.45, 7) is 4.56. The first-order valence-electron chi connectivity index (χ1n) is 4.80. The van der Waals surface area contributed by atoms with Crippen molar-refractivity contribution in [1.29, 1.82) is 0 Å². The van der Waals surface area contributed by atoms with E-state index in [0.29, 0.717) is 5.41 Å². The summed E-state index contributed by atoms with van der Waals surface area (Å²) in [5.74, 6) is 2.75. The van der Waals surface area contributed by atoms with Crippen LogP contribution in [0.3, 0.4) is 0 Å². The highest BCUT2D eigenvalue weighted by molar-refractivity contribution is 5.54. The summed E-state index contributed by atoms with van der Waals surface area (Å²) in [5, 5.41) is 0. The molecule has 2 rings (SSSR count). The Kier molecular flexibility index (Phi) is 1.70. The lowest BCUT2D eigenvalue weighted by Crippen LogP contribution is -2.35. The van der Waals surface area contributed by atoms with Crippen molar-refractivity contribution in [1.82, 2.24) is 0 Å². The molecule has 0 saturated heterocycles. The molecule has 0 heterocycles. The monoisotopic (exact) mass is 170 g/mol. The molecule has 0 spiro atoms. The summed E-state index contributed by atoms with van der Waals surface area (Å²) in [6, 6.07) is 6.32. The molecule has 1 unspecified atom stereocenters. The standard InChI is InChI=1S/C13H14/c1-4-10-7-6-8-12-11(10)9-13(12,3)5-2/h1,6-8H,5,9H2,2-3H3. The fourth-order valence-corrected chi connectivity index (χ4v) is 2.17. The van der Waals surface area contributed by atoms with Crippen LogP contribution in [-0.2, 0) is 11.8 Å². The minimum absolute atomic E-state index is 0.391. The van der Waals surface area contributed by atoms with Gasteiger partial charge in [-0.25, -0.2) is 0 Å². The van der Waals surface area contributed by atoms with E-state index in [-0.39, 0.29) is 0 Å². The van der Waals surface area contributed by atoms with Crippen LogP contribution in [0.5, 0.6) is 0 Å². The molecule has 0 heteroatoms.